The fraction of sp³-hybridized carbons (Fsp3) is 0.688. The first kappa shape index (κ1) is 20.2. The molecule has 2 saturated heterocycles. The van der Waals surface area contributed by atoms with E-state index in [2.05, 4.69) is 0 Å². The molecule has 0 saturated carbocycles. The van der Waals surface area contributed by atoms with E-state index in [0.29, 0.717) is 31.9 Å². The minimum atomic E-state index is -3.51. The number of hydrogen-bond acceptors (Lipinski definition) is 4. The number of sulfonamides is 1. The molecule has 2 N–H and O–H groups in total. The van der Waals surface area contributed by atoms with Gasteiger partial charge in [-0.05, 0) is 31.7 Å². The summed E-state index contributed by atoms with van der Waals surface area (Å²) in [4.78, 5) is 14.7. The summed E-state index contributed by atoms with van der Waals surface area (Å²) in [5, 5.41) is 0. The number of aromatic nitrogens is 1. The Balaban J connectivity index is 0.00000225. The van der Waals surface area contributed by atoms with Gasteiger partial charge in [0, 0.05) is 45.5 Å². The van der Waals surface area contributed by atoms with Crippen LogP contribution in [0.25, 0.3) is 0 Å². The number of amides is 1. The molecule has 2 aliphatic rings. The molecule has 1 aromatic heterocycles. The zero-order chi connectivity index (χ0) is 17.3. The van der Waals surface area contributed by atoms with Gasteiger partial charge < -0.3 is 15.2 Å². The van der Waals surface area contributed by atoms with E-state index in [0.717, 1.165) is 32.1 Å². The van der Waals surface area contributed by atoms with Crippen molar-refractivity contribution in [3.05, 3.63) is 18.0 Å². The van der Waals surface area contributed by atoms with Crippen LogP contribution in [-0.2, 0) is 17.1 Å². The van der Waals surface area contributed by atoms with Gasteiger partial charge in [0.1, 0.15) is 10.6 Å². The number of halogens is 1. The van der Waals surface area contributed by atoms with Crippen molar-refractivity contribution in [1.29, 1.82) is 0 Å². The lowest BCUT2D eigenvalue weighted by molar-refractivity contribution is 0.0705. The van der Waals surface area contributed by atoms with Gasteiger partial charge in [0.15, 0.2) is 0 Å². The zero-order valence-electron chi connectivity index (χ0n) is 14.6. The topological polar surface area (TPSA) is 88.6 Å². The molecule has 0 aromatic carbocycles. The lowest BCUT2D eigenvalue weighted by Gasteiger charge is -2.30. The third-order valence-electron chi connectivity index (χ3n) is 4.98. The van der Waals surface area contributed by atoms with Crippen molar-refractivity contribution in [1.82, 2.24) is 13.8 Å². The van der Waals surface area contributed by atoms with E-state index in [1.54, 1.807) is 22.7 Å². The molecule has 2 fully saturated rings. The van der Waals surface area contributed by atoms with E-state index >= 15 is 0 Å². The highest BCUT2D eigenvalue weighted by atomic mass is 35.5. The first-order valence-corrected chi connectivity index (χ1v) is 10.0. The molecule has 9 heteroatoms. The molecular formula is C16H27ClN4O3S. The molecule has 0 spiro atoms. The first-order valence-electron chi connectivity index (χ1n) is 8.61. The Labute approximate surface area is 155 Å². The number of nitrogens with zero attached hydrogens (tertiary/aromatic N) is 3. The quantitative estimate of drug-likeness (QED) is 0.839. The number of carbonyl (C=O) groups excluding carboxylic acids is 1. The van der Waals surface area contributed by atoms with Crippen molar-refractivity contribution in [2.75, 3.05) is 26.2 Å². The molecule has 25 heavy (non-hydrogen) atoms. The van der Waals surface area contributed by atoms with E-state index in [1.807, 2.05) is 0 Å². The molecule has 0 unspecified atom stereocenters. The van der Waals surface area contributed by atoms with Crippen LogP contribution in [0, 0.1) is 0 Å². The largest absolute Gasteiger partial charge is 0.345 e. The van der Waals surface area contributed by atoms with Crippen LogP contribution in [-0.4, -0.2) is 60.3 Å². The van der Waals surface area contributed by atoms with Gasteiger partial charge in [-0.3, -0.25) is 4.79 Å². The predicted octanol–water partition coefficient (Wildman–Crippen LogP) is 1.18. The molecule has 3 rings (SSSR count). The maximum absolute atomic E-state index is 12.8. The standard InChI is InChI=1S/C16H26N4O3S.ClH/c1-18-12-14(24(22,23)20-7-3-2-4-8-20)11-15(18)16(21)19-9-5-13(17)6-10-19;/h11-13H,2-10,17H2,1H3;1H. The minimum Gasteiger partial charge on any atom is -0.345 e. The normalized spacial score (nSPS) is 20.3. The van der Waals surface area contributed by atoms with E-state index in [1.165, 1.54) is 10.4 Å². The summed E-state index contributed by atoms with van der Waals surface area (Å²) in [6, 6.07) is 1.67. The summed E-state index contributed by atoms with van der Waals surface area (Å²) in [5.74, 6) is -0.121. The summed E-state index contributed by atoms with van der Waals surface area (Å²) in [6.45, 7) is 2.37. The number of hydrogen-bond donors (Lipinski definition) is 1. The SMILES string of the molecule is Cl.Cn1cc(S(=O)(=O)N2CCCCC2)cc1C(=O)N1CCC(N)CC1. The highest BCUT2D eigenvalue weighted by Gasteiger charge is 2.30. The van der Waals surface area contributed by atoms with E-state index in [4.69, 9.17) is 5.73 Å². The lowest BCUT2D eigenvalue weighted by Crippen LogP contribution is -2.43. The van der Waals surface area contributed by atoms with Gasteiger partial charge in [-0.25, -0.2) is 8.42 Å². The highest BCUT2D eigenvalue weighted by Crippen LogP contribution is 2.23. The van der Waals surface area contributed by atoms with E-state index < -0.39 is 10.0 Å². The van der Waals surface area contributed by atoms with Crippen molar-refractivity contribution in [3.8, 4) is 0 Å². The van der Waals surface area contributed by atoms with Gasteiger partial charge in [0.2, 0.25) is 10.0 Å². The Morgan fingerprint density at radius 1 is 1.12 bits per heavy atom. The van der Waals surface area contributed by atoms with Crippen LogP contribution in [0.1, 0.15) is 42.6 Å². The third-order valence-corrected chi connectivity index (χ3v) is 6.84. The molecule has 0 aliphatic carbocycles. The van der Waals surface area contributed by atoms with Crippen molar-refractivity contribution in [3.63, 3.8) is 0 Å². The Morgan fingerprint density at radius 3 is 2.32 bits per heavy atom. The Bertz CT molecular complexity index is 705. The minimum absolute atomic E-state index is 0. The lowest BCUT2D eigenvalue weighted by atomic mass is 10.1. The molecule has 7 nitrogen and oxygen atoms in total. The molecule has 0 atom stereocenters. The molecule has 3 heterocycles. The fourth-order valence-electron chi connectivity index (χ4n) is 3.41. The molecule has 0 radical (unpaired) electrons. The van der Waals surface area contributed by atoms with Crippen LogP contribution in [0.5, 0.6) is 0 Å². The summed E-state index contributed by atoms with van der Waals surface area (Å²) in [7, 11) is -1.79. The molecule has 0 bridgehead atoms. The van der Waals surface area contributed by atoms with Crippen LogP contribution in [0.2, 0.25) is 0 Å². The van der Waals surface area contributed by atoms with Gasteiger partial charge in [0.05, 0.1) is 0 Å². The van der Waals surface area contributed by atoms with Gasteiger partial charge in [-0.2, -0.15) is 4.31 Å². The Hall–Kier alpha value is -1.09. The van der Waals surface area contributed by atoms with Gasteiger partial charge in [0.25, 0.3) is 5.91 Å². The summed E-state index contributed by atoms with van der Waals surface area (Å²) < 4.78 is 28.7. The number of piperidine rings is 2. The van der Waals surface area contributed by atoms with Crippen LogP contribution in [0.15, 0.2) is 17.2 Å². The van der Waals surface area contributed by atoms with E-state index in [-0.39, 0.29) is 29.3 Å². The van der Waals surface area contributed by atoms with E-state index in [9.17, 15) is 13.2 Å². The summed E-state index contributed by atoms with van der Waals surface area (Å²) in [6.07, 6.45) is 5.98. The number of aryl methyl sites for hydroxylation is 1. The molecular weight excluding hydrogens is 364 g/mol. The second-order valence-corrected chi connectivity index (χ2v) is 8.70. The maximum Gasteiger partial charge on any atom is 0.270 e. The van der Waals surface area contributed by atoms with Crippen molar-refractivity contribution in [2.45, 2.75) is 43.0 Å². The average Bonchev–Trinajstić information content (AvgIpc) is 2.98. The van der Waals surface area contributed by atoms with Crippen LogP contribution < -0.4 is 5.73 Å². The number of nitrogens with two attached hydrogens (primary N) is 1. The monoisotopic (exact) mass is 390 g/mol. The molecule has 1 amide bonds. The third kappa shape index (κ3) is 4.19. The second kappa shape index (κ2) is 8.07. The van der Waals surface area contributed by atoms with Crippen molar-refractivity contribution < 1.29 is 13.2 Å². The Kier molecular flexibility index (Phi) is 6.53. The predicted molar refractivity (Wildman–Crippen MR) is 98.4 cm³/mol. The van der Waals surface area contributed by atoms with Gasteiger partial charge >= 0.3 is 0 Å². The van der Waals surface area contributed by atoms with Crippen LogP contribution in [0.4, 0.5) is 0 Å². The van der Waals surface area contributed by atoms with Crippen LogP contribution >= 0.6 is 12.4 Å². The average molecular weight is 391 g/mol. The van der Waals surface area contributed by atoms with Crippen LogP contribution in [0.3, 0.4) is 0 Å². The maximum atomic E-state index is 12.8. The highest BCUT2D eigenvalue weighted by molar-refractivity contribution is 7.89. The second-order valence-electron chi connectivity index (χ2n) is 6.77. The Morgan fingerprint density at radius 2 is 1.72 bits per heavy atom. The fourth-order valence-corrected chi connectivity index (χ4v) is 5.00. The molecule has 142 valence electrons. The first-order chi connectivity index (χ1) is 11.4. The number of likely N-dealkylation sites (tertiary alicyclic amines) is 1. The van der Waals surface area contributed by atoms with Gasteiger partial charge in [-0.1, -0.05) is 6.42 Å². The van der Waals surface area contributed by atoms with Crippen molar-refractivity contribution in [2.24, 2.45) is 12.8 Å². The summed E-state index contributed by atoms with van der Waals surface area (Å²) in [5.41, 5.74) is 6.30. The molecule has 2 aliphatic heterocycles. The van der Waals surface area contributed by atoms with Gasteiger partial charge in [-0.15, -0.1) is 12.4 Å². The smallest absolute Gasteiger partial charge is 0.270 e. The summed E-state index contributed by atoms with van der Waals surface area (Å²) >= 11 is 0. The number of carbonyl (C=O) groups is 1. The van der Waals surface area contributed by atoms with Crippen molar-refractivity contribution >= 4 is 28.3 Å². The number of rotatable bonds is 3. The molecule has 1 aromatic rings. The zero-order valence-corrected chi connectivity index (χ0v) is 16.2.